The van der Waals surface area contributed by atoms with E-state index in [0.29, 0.717) is 46.0 Å². The largest absolute Gasteiger partial charge is 0.508 e. The topological polar surface area (TPSA) is 132 Å². The molecule has 6 aromatic rings. The van der Waals surface area contributed by atoms with Gasteiger partial charge in [0.15, 0.2) is 5.82 Å². The molecule has 0 radical (unpaired) electrons. The summed E-state index contributed by atoms with van der Waals surface area (Å²) in [5.41, 5.74) is 5.89. The van der Waals surface area contributed by atoms with Crippen LogP contribution in [0.1, 0.15) is 26.2 Å². The molecule has 39 heavy (non-hydrogen) atoms. The highest BCUT2D eigenvalue weighted by atomic mass is 19.1. The van der Waals surface area contributed by atoms with Crippen molar-refractivity contribution in [3.63, 3.8) is 0 Å². The van der Waals surface area contributed by atoms with Gasteiger partial charge in [-0.15, -0.1) is 0 Å². The molecule has 4 aromatic heterocycles. The van der Waals surface area contributed by atoms with Crippen molar-refractivity contribution in [2.75, 3.05) is 5.32 Å². The number of phenols is 1. The quantitative estimate of drug-likeness (QED) is 0.198. The number of unbranched alkanes of at least 4 members (excludes halogenated alkanes) is 1. The normalized spacial score (nSPS) is 11.3. The molecule has 0 saturated carbocycles. The van der Waals surface area contributed by atoms with Gasteiger partial charge in [0, 0.05) is 35.2 Å². The summed E-state index contributed by atoms with van der Waals surface area (Å²) in [6, 6.07) is 13.2. The van der Waals surface area contributed by atoms with E-state index in [4.69, 9.17) is 4.98 Å². The Morgan fingerprint density at radius 2 is 1.95 bits per heavy atom. The van der Waals surface area contributed by atoms with Crippen LogP contribution in [0.5, 0.6) is 5.75 Å². The number of amides is 1. The minimum absolute atomic E-state index is 0.0472. The van der Waals surface area contributed by atoms with E-state index in [1.165, 1.54) is 12.1 Å². The second kappa shape index (κ2) is 9.97. The third-order valence-corrected chi connectivity index (χ3v) is 6.45. The minimum atomic E-state index is -0.532. The van der Waals surface area contributed by atoms with Crippen molar-refractivity contribution in [1.82, 2.24) is 30.1 Å². The molecule has 194 valence electrons. The number of benzene rings is 2. The van der Waals surface area contributed by atoms with Gasteiger partial charge in [-0.3, -0.25) is 19.9 Å². The second-order valence-corrected chi connectivity index (χ2v) is 9.29. The number of carbonyl (C=O) groups is 1. The number of anilines is 1. The number of aromatic hydroxyl groups is 1. The van der Waals surface area contributed by atoms with Crippen LogP contribution >= 0.6 is 0 Å². The highest BCUT2D eigenvalue weighted by molar-refractivity contribution is 5.98. The molecule has 2 aromatic carbocycles. The summed E-state index contributed by atoms with van der Waals surface area (Å²) in [7, 11) is 0. The fourth-order valence-corrected chi connectivity index (χ4v) is 4.57. The van der Waals surface area contributed by atoms with E-state index < -0.39 is 5.82 Å². The summed E-state index contributed by atoms with van der Waals surface area (Å²) in [6.07, 6.45) is 7.23. The first-order chi connectivity index (χ1) is 19.0. The van der Waals surface area contributed by atoms with Gasteiger partial charge >= 0.3 is 0 Å². The fraction of sp³-hybridized carbons (Fsp3) is 0.138. The Hall–Kier alpha value is -5.12. The first-order valence-corrected chi connectivity index (χ1v) is 12.6. The van der Waals surface area contributed by atoms with Crippen LogP contribution < -0.4 is 5.32 Å². The van der Waals surface area contributed by atoms with Gasteiger partial charge < -0.3 is 15.4 Å². The fourth-order valence-electron chi connectivity index (χ4n) is 4.57. The van der Waals surface area contributed by atoms with Gasteiger partial charge in [-0.25, -0.2) is 9.37 Å². The first kappa shape index (κ1) is 24.2. The van der Waals surface area contributed by atoms with Gasteiger partial charge in [-0.1, -0.05) is 25.5 Å². The maximum absolute atomic E-state index is 14.0. The molecular formula is C29H24FN7O2. The van der Waals surface area contributed by atoms with Crippen LogP contribution in [0.25, 0.3) is 55.8 Å². The molecular weight excluding hydrogens is 497 g/mol. The van der Waals surface area contributed by atoms with Crippen LogP contribution in [0.3, 0.4) is 0 Å². The van der Waals surface area contributed by atoms with Crippen molar-refractivity contribution in [2.45, 2.75) is 26.2 Å². The number of imidazole rings is 1. The van der Waals surface area contributed by atoms with Gasteiger partial charge in [-0.05, 0) is 42.3 Å². The Balaban J connectivity index is 1.38. The third kappa shape index (κ3) is 4.79. The first-order valence-electron chi connectivity index (χ1n) is 12.6. The lowest BCUT2D eigenvalue weighted by molar-refractivity contribution is -0.116. The zero-order chi connectivity index (χ0) is 26.9. The molecule has 0 spiro atoms. The van der Waals surface area contributed by atoms with Gasteiger partial charge in [-0.2, -0.15) is 5.10 Å². The van der Waals surface area contributed by atoms with E-state index >= 15 is 0 Å². The summed E-state index contributed by atoms with van der Waals surface area (Å²) in [4.78, 5) is 29.1. The average molecular weight is 522 g/mol. The van der Waals surface area contributed by atoms with Crippen molar-refractivity contribution in [3.8, 4) is 39.7 Å². The Morgan fingerprint density at radius 3 is 2.79 bits per heavy atom. The SMILES string of the molecule is CCCCC(=O)Nc1cncc(-c2cc3c(-c4nc5c(-c6cc(O)cc(F)c6)cccc5[nH]4)n[nH]c3cn2)c1. The highest BCUT2D eigenvalue weighted by Gasteiger charge is 2.17. The van der Waals surface area contributed by atoms with Gasteiger partial charge in [0.25, 0.3) is 0 Å². The number of aromatic nitrogens is 6. The zero-order valence-corrected chi connectivity index (χ0v) is 21.0. The summed E-state index contributed by atoms with van der Waals surface area (Å²) < 4.78 is 14.0. The molecule has 0 aliphatic rings. The van der Waals surface area contributed by atoms with E-state index in [0.717, 1.165) is 40.9 Å². The molecule has 6 rings (SSSR count). The lowest BCUT2D eigenvalue weighted by Gasteiger charge is -2.07. The third-order valence-electron chi connectivity index (χ3n) is 6.45. The van der Waals surface area contributed by atoms with Crippen LogP contribution in [0, 0.1) is 5.82 Å². The van der Waals surface area contributed by atoms with E-state index in [9.17, 15) is 14.3 Å². The van der Waals surface area contributed by atoms with Gasteiger partial charge in [0.05, 0.1) is 40.3 Å². The highest BCUT2D eigenvalue weighted by Crippen LogP contribution is 2.34. The van der Waals surface area contributed by atoms with Crippen LogP contribution in [0.4, 0.5) is 10.1 Å². The van der Waals surface area contributed by atoms with E-state index in [-0.39, 0.29) is 11.7 Å². The van der Waals surface area contributed by atoms with Crippen LogP contribution in [0.2, 0.25) is 0 Å². The zero-order valence-electron chi connectivity index (χ0n) is 21.0. The number of para-hydroxylation sites is 1. The number of phenolic OH excluding ortho intramolecular Hbond substituents is 1. The molecule has 1 amide bonds. The molecule has 4 heterocycles. The number of aromatic amines is 2. The van der Waals surface area contributed by atoms with Crippen LogP contribution in [-0.4, -0.2) is 41.1 Å². The number of hydrogen-bond donors (Lipinski definition) is 4. The maximum Gasteiger partial charge on any atom is 0.224 e. The Bertz CT molecular complexity index is 1820. The number of halogens is 1. The molecule has 0 aliphatic heterocycles. The van der Waals surface area contributed by atoms with Crippen LogP contribution in [0.15, 0.2) is 67.1 Å². The van der Waals surface area contributed by atoms with Gasteiger partial charge in [0.1, 0.15) is 17.3 Å². The van der Waals surface area contributed by atoms with Crippen LogP contribution in [-0.2, 0) is 4.79 Å². The maximum atomic E-state index is 14.0. The van der Waals surface area contributed by atoms with Crippen molar-refractivity contribution >= 4 is 33.5 Å². The summed E-state index contributed by atoms with van der Waals surface area (Å²) in [6.45, 7) is 2.04. The predicted octanol–water partition coefficient (Wildman–Crippen LogP) is 6.20. The predicted molar refractivity (Wildman–Crippen MR) is 147 cm³/mol. The van der Waals surface area contributed by atoms with Gasteiger partial charge in [0.2, 0.25) is 5.91 Å². The number of hydrogen-bond acceptors (Lipinski definition) is 6. The van der Waals surface area contributed by atoms with E-state index in [1.54, 1.807) is 18.6 Å². The Morgan fingerprint density at radius 1 is 1.05 bits per heavy atom. The molecule has 10 heteroatoms. The molecule has 0 fully saturated rings. The smallest absolute Gasteiger partial charge is 0.224 e. The molecule has 4 N–H and O–H groups in total. The number of rotatable bonds is 7. The lowest BCUT2D eigenvalue weighted by Crippen LogP contribution is -2.11. The van der Waals surface area contributed by atoms with E-state index in [2.05, 4.69) is 30.5 Å². The van der Waals surface area contributed by atoms with Crippen molar-refractivity contribution < 1.29 is 14.3 Å². The number of H-pyrrole nitrogens is 2. The monoisotopic (exact) mass is 521 g/mol. The molecule has 0 saturated heterocycles. The molecule has 0 bridgehead atoms. The number of fused-ring (bicyclic) bond motifs is 2. The summed E-state index contributed by atoms with van der Waals surface area (Å²) in [5.74, 6) is -0.212. The molecule has 0 aliphatic carbocycles. The molecule has 0 unspecified atom stereocenters. The standard InChI is InChI=1S/C29H24FN7O2/c1-2-3-7-26(39)33-19-9-17(13-31-14-19)24-12-22-25(15-32-24)36-37-28(22)29-34-23-6-4-5-21(27(23)35-29)16-8-18(30)11-20(38)10-16/h4-6,8-15,38H,2-3,7H2,1H3,(H,33,39)(H,34,35)(H,36,37). The summed E-state index contributed by atoms with van der Waals surface area (Å²) in [5, 5.41) is 21.1. The number of pyridine rings is 2. The minimum Gasteiger partial charge on any atom is -0.508 e. The number of carbonyl (C=O) groups excluding carboxylic acids is 1. The van der Waals surface area contributed by atoms with Crippen molar-refractivity contribution in [1.29, 1.82) is 0 Å². The Kier molecular flexibility index (Phi) is 6.20. The number of nitrogens with zero attached hydrogens (tertiary/aromatic N) is 4. The lowest BCUT2D eigenvalue weighted by atomic mass is 10.0. The molecule has 0 atom stereocenters. The average Bonchev–Trinajstić information content (AvgIpc) is 3.55. The van der Waals surface area contributed by atoms with Crippen molar-refractivity contribution in [3.05, 3.63) is 72.9 Å². The summed E-state index contributed by atoms with van der Waals surface area (Å²) >= 11 is 0. The molecule has 9 nitrogen and oxygen atoms in total. The second-order valence-electron chi connectivity index (χ2n) is 9.29. The van der Waals surface area contributed by atoms with Crippen molar-refractivity contribution in [2.24, 2.45) is 0 Å². The van der Waals surface area contributed by atoms with E-state index in [1.807, 2.05) is 37.3 Å². The number of nitrogens with one attached hydrogen (secondary N) is 3. The Labute approximate surface area is 222 Å².